The first kappa shape index (κ1) is 17.1. The molecule has 0 unspecified atom stereocenters. The number of aromatic nitrogens is 3. The quantitative estimate of drug-likeness (QED) is 0.764. The summed E-state index contributed by atoms with van der Waals surface area (Å²) in [4.78, 5) is 19.4. The summed E-state index contributed by atoms with van der Waals surface area (Å²) in [6.07, 6.45) is 7.73. The molecule has 2 aromatic rings. The van der Waals surface area contributed by atoms with Crippen LogP contribution in [-0.2, 0) is 7.05 Å². The van der Waals surface area contributed by atoms with Gasteiger partial charge in [0.15, 0.2) is 0 Å². The number of carbonyl (C=O) groups excluding carboxylic acids is 1. The van der Waals surface area contributed by atoms with Gasteiger partial charge in [0.05, 0.1) is 18.5 Å². The Labute approximate surface area is 145 Å². The van der Waals surface area contributed by atoms with Crippen LogP contribution >= 0.6 is 11.3 Å². The summed E-state index contributed by atoms with van der Waals surface area (Å²) in [6, 6.07) is 0. The molecule has 0 atom stereocenters. The van der Waals surface area contributed by atoms with Gasteiger partial charge in [-0.3, -0.25) is 9.48 Å². The van der Waals surface area contributed by atoms with Crippen molar-refractivity contribution in [1.29, 1.82) is 0 Å². The number of aliphatic hydroxyl groups excluding tert-OH is 1. The lowest BCUT2D eigenvalue weighted by Crippen LogP contribution is -2.37. The Kier molecular flexibility index (Phi) is 5.60. The molecular formula is C16H23N5O2S. The van der Waals surface area contributed by atoms with Gasteiger partial charge in [0.2, 0.25) is 0 Å². The van der Waals surface area contributed by atoms with Gasteiger partial charge in [-0.15, -0.1) is 11.3 Å². The number of hydrogen-bond donors (Lipinski definition) is 2. The number of aliphatic hydroxyl groups is 1. The van der Waals surface area contributed by atoms with Crippen LogP contribution in [0.3, 0.4) is 0 Å². The smallest absolute Gasteiger partial charge is 0.263 e. The Morgan fingerprint density at radius 2 is 2.21 bits per heavy atom. The number of hydrogen-bond acceptors (Lipinski definition) is 6. The molecule has 0 saturated carbocycles. The van der Waals surface area contributed by atoms with Crippen LogP contribution < -0.4 is 5.32 Å². The van der Waals surface area contributed by atoms with Gasteiger partial charge >= 0.3 is 0 Å². The Hall–Kier alpha value is -1.77. The second kappa shape index (κ2) is 7.87. The second-order valence-corrected chi connectivity index (χ2v) is 7.15. The molecule has 24 heavy (non-hydrogen) atoms. The first-order valence-electron chi connectivity index (χ1n) is 8.25. The highest BCUT2D eigenvalue weighted by Gasteiger charge is 2.16. The van der Waals surface area contributed by atoms with Crippen LogP contribution in [0, 0.1) is 0 Å². The molecule has 130 valence electrons. The fraction of sp³-hybridized carbons (Fsp3) is 0.562. The van der Waals surface area contributed by atoms with E-state index < -0.39 is 0 Å². The third-order valence-corrected chi connectivity index (χ3v) is 5.22. The fourth-order valence-electron chi connectivity index (χ4n) is 2.78. The van der Waals surface area contributed by atoms with Gasteiger partial charge in [-0.25, -0.2) is 4.98 Å². The van der Waals surface area contributed by atoms with Crippen LogP contribution in [0.2, 0.25) is 0 Å². The first-order chi connectivity index (χ1) is 11.6. The largest absolute Gasteiger partial charge is 0.393 e. The van der Waals surface area contributed by atoms with E-state index in [1.54, 1.807) is 17.1 Å². The summed E-state index contributed by atoms with van der Waals surface area (Å²) < 4.78 is 1.72. The highest BCUT2D eigenvalue weighted by Crippen LogP contribution is 2.24. The van der Waals surface area contributed by atoms with Crippen LogP contribution in [0.5, 0.6) is 0 Å². The summed E-state index contributed by atoms with van der Waals surface area (Å²) in [7, 11) is 1.85. The lowest BCUT2D eigenvalue weighted by molar-refractivity contribution is 0.0816. The van der Waals surface area contributed by atoms with E-state index in [0.29, 0.717) is 11.4 Å². The van der Waals surface area contributed by atoms with E-state index in [1.165, 1.54) is 11.3 Å². The van der Waals surface area contributed by atoms with Crippen LogP contribution in [0.1, 0.15) is 28.9 Å². The lowest BCUT2D eigenvalue weighted by Gasteiger charge is -2.29. The molecule has 2 aromatic heterocycles. The number of nitrogens with zero attached hydrogens (tertiary/aromatic N) is 4. The van der Waals surface area contributed by atoms with Crippen molar-refractivity contribution in [2.24, 2.45) is 7.05 Å². The van der Waals surface area contributed by atoms with Crippen molar-refractivity contribution < 1.29 is 9.90 Å². The number of likely N-dealkylation sites (tertiary alicyclic amines) is 1. The maximum atomic E-state index is 12.2. The molecule has 0 radical (unpaired) electrons. The predicted octanol–water partition coefficient (Wildman–Crippen LogP) is 1.12. The van der Waals surface area contributed by atoms with Crippen molar-refractivity contribution in [3.8, 4) is 10.6 Å². The molecule has 1 amide bonds. The number of piperidine rings is 1. The van der Waals surface area contributed by atoms with Crippen molar-refractivity contribution in [1.82, 2.24) is 25.0 Å². The van der Waals surface area contributed by atoms with Gasteiger partial charge in [-0.1, -0.05) is 0 Å². The minimum Gasteiger partial charge on any atom is -0.393 e. The SMILES string of the molecule is Cn1cc(-c2ncc(C(=O)NCCCN3CCC(O)CC3)s2)cn1. The molecule has 0 aromatic carbocycles. The Balaban J connectivity index is 1.41. The number of amides is 1. The summed E-state index contributed by atoms with van der Waals surface area (Å²) in [5, 5.41) is 17.4. The number of nitrogens with one attached hydrogen (secondary N) is 1. The summed E-state index contributed by atoms with van der Waals surface area (Å²) in [5.41, 5.74) is 0.925. The van der Waals surface area contributed by atoms with Gasteiger partial charge in [0.1, 0.15) is 9.88 Å². The summed E-state index contributed by atoms with van der Waals surface area (Å²) in [5.74, 6) is -0.0725. The Morgan fingerprint density at radius 3 is 2.92 bits per heavy atom. The number of aryl methyl sites for hydroxylation is 1. The van der Waals surface area contributed by atoms with E-state index in [4.69, 9.17) is 0 Å². The van der Waals surface area contributed by atoms with E-state index in [9.17, 15) is 9.90 Å². The van der Waals surface area contributed by atoms with Crippen LogP contribution in [0.15, 0.2) is 18.6 Å². The highest BCUT2D eigenvalue weighted by atomic mass is 32.1. The highest BCUT2D eigenvalue weighted by molar-refractivity contribution is 7.16. The molecule has 2 N–H and O–H groups in total. The molecular weight excluding hydrogens is 326 g/mol. The molecule has 1 aliphatic heterocycles. The molecule has 1 aliphatic rings. The monoisotopic (exact) mass is 349 g/mol. The van der Waals surface area contributed by atoms with Crippen LogP contribution in [0.25, 0.3) is 10.6 Å². The maximum absolute atomic E-state index is 12.2. The molecule has 1 fully saturated rings. The third-order valence-electron chi connectivity index (χ3n) is 4.18. The number of carbonyl (C=O) groups is 1. The van der Waals surface area contributed by atoms with Crippen molar-refractivity contribution >= 4 is 17.2 Å². The van der Waals surface area contributed by atoms with E-state index in [-0.39, 0.29) is 12.0 Å². The number of thiazole rings is 1. The standard InChI is InChI=1S/C16H23N5O2S/c1-20-11-12(9-19-20)16-18-10-14(24-16)15(23)17-5-2-6-21-7-3-13(22)4-8-21/h9-11,13,22H,2-8H2,1H3,(H,17,23). The average molecular weight is 349 g/mol. The lowest BCUT2D eigenvalue weighted by atomic mass is 10.1. The molecule has 0 bridgehead atoms. The van der Waals surface area contributed by atoms with Crippen molar-refractivity contribution in [2.45, 2.75) is 25.4 Å². The van der Waals surface area contributed by atoms with Gasteiger partial charge in [0.25, 0.3) is 5.91 Å². The molecule has 7 nitrogen and oxygen atoms in total. The van der Waals surface area contributed by atoms with E-state index >= 15 is 0 Å². The Morgan fingerprint density at radius 1 is 1.42 bits per heavy atom. The summed E-state index contributed by atoms with van der Waals surface area (Å²) >= 11 is 1.38. The minimum atomic E-state index is -0.138. The van der Waals surface area contributed by atoms with Gasteiger partial charge in [-0.05, 0) is 25.8 Å². The van der Waals surface area contributed by atoms with E-state index in [1.807, 2.05) is 13.2 Å². The van der Waals surface area contributed by atoms with Crippen molar-refractivity contribution in [3.05, 3.63) is 23.5 Å². The normalized spacial score (nSPS) is 16.4. The second-order valence-electron chi connectivity index (χ2n) is 6.11. The predicted molar refractivity (Wildman–Crippen MR) is 92.9 cm³/mol. The topological polar surface area (TPSA) is 83.3 Å². The van der Waals surface area contributed by atoms with E-state index in [2.05, 4.69) is 20.3 Å². The van der Waals surface area contributed by atoms with Gasteiger partial charge < -0.3 is 15.3 Å². The van der Waals surface area contributed by atoms with Gasteiger partial charge in [-0.2, -0.15) is 5.10 Å². The average Bonchev–Trinajstić information content (AvgIpc) is 3.22. The molecule has 0 spiro atoms. The molecule has 3 rings (SSSR count). The van der Waals surface area contributed by atoms with E-state index in [0.717, 1.165) is 49.5 Å². The number of rotatable bonds is 6. The van der Waals surface area contributed by atoms with Crippen molar-refractivity contribution in [3.63, 3.8) is 0 Å². The van der Waals surface area contributed by atoms with Crippen LogP contribution in [-0.4, -0.2) is 63.0 Å². The Bertz CT molecular complexity index is 676. The molecule has 3 heterocycles. The first-order valence-corrected chi connectivity index (χ1v) is 9.07. The van der Waals surface area contributed by atoms with Crippen LogP contribution in [0.4, 0.5) is 0 Å². The van der Waals surface area contributed by atoms with Crippen molar-refractivity contribution in [2.75, 3.05) is 26.2 Å². The summed E-state index contributed by atoms with van der Waals surface area (Å²) in [6.45, 7) is 3.49. The maximum Gasteiger partial charge on any atom is 0.263 e. The molecule has 1 saturated heterocycles. The zero-order valence-electron chi connectivity index (χ0n) is 13.8. The zero-order chi connectivity index (χ0) is 16.9. The minimum absolute atomic E-state index is 0.0725. The molecule has 0 aliphatic carbocycles. The van der Waals surface area contributed by atoms with Gasteiger partial charge in [0, 0.05) is 38.4 Å². The molecule has 8 heteroatoms. The zero-order valence-corrected chi connectivity index (χ0v) is 14.6. The fourth-order valence-corrected chi connectivity index (χ4v) is 3.59. The third kappa shape index (κ3) is 4.40.